The Balaban J connectivity index is 1.79. The van der Waals surface area contributed by atoms with Gasteiger partial charge in [0, 0.05) is 19.6 Å². The van der Waals surface area contributed by atoms with Crippen molar-refractivity contribution in [1.82, 2.24) is 26.3 Å². The van der Waals surface area contributed by atoms with Gasteiger partial charge in [-0.3, -0.25) is 24.0 Å². The molecule has 23 nitrogen and oxygen atoms in total. The lowest BCUT2D eigenvalue weighted by molar-refractivity contribution is -0.525. The number of carbonyl (C=O) groups is 5. The fourth-order valence-corrected chi connectivity index (χ4v) is 6.85. The first-order valence-electron chi connectivity index (χ1n) is 21.0. The van der Waals surface area contributed by atoms with Crippen LogP contribution in [0.2, 0.25) is 0 Å². The van der Waals surface area contributed by atoms with E-state index in [1.165, 1.54) is 40.3 Å². The molecule has 23 heteroatoms. The van der Waals surface area contributed by atoms with Crippen LogP contribution in [0, 0.1) is 10.1 Å². The highest BCUT2D eigenvalue weighted by atomic mass is 16.7. The van der Waals surface area contributed by atoms with Crippen molar-refractivity contribution in [1.29, 1.82) is 0 Å². The quantitative estimate of drug-likeness (QED) is 0.0158. The van der Waals surface area contributed by atoms with Crippen LogP contribution in [-0.4, -0.2) is 135 Å². The van der Waals surface area contributed by atoms with E-state index in [4.69, 9.17) is 36.1 Å². The van der Waals surface area contributed by atoms with E-state index >= 15 is 0 Å². The smallest absolute Gasteiger partial charge is 0.251 e. The number of rotatable bonds is 25. The number of hydrazine groups is 1. The maximum atomic E-state index is 14.0. The molecule has 0 unspecified atom stereocenters. The van der Waals surface area contributed by atoms with Crippen molar-refractivity contribution in [2.24, 2.45) is 22.2 Å². The predicted molar refractivity (Wildman–Crippen MR) is 241 cm³/mol. The number of nitrogens with one attached hydrogen (secondary N) is 5. The highest BCUT2D eigenvalue weighted by Crippen LogP contribution is 2.39. The molecular weight excluding hydrogens is 851 g/mol. The van der Waals surface area contributed by atoms with Crippen molar-refractivity contribution < 1.29 is 53.1 Å². The van der Waals surface area contributed by atoms with Crippen LogP contribution in [0.4, 0.5) is 5.69 Å². The van der Waals surface area contributed by atoms with Crippen LogP contribution in [0.1, 0.15) is 69.9 Å². The monoisotopic (exact) mass is 913 g/mol. The number of hydrogen-bond donors (Lipinski definition) is 9. The number of aliphatic hydroxyl groups is 1. The molecule has 1 fully saturated rings. The molecule has 3 rings (SSSR count). The molecule has 0 spiro atoms. The van der Waals surface area contributed by atoms with E-state index in [2.05, 4.69) is 26.3 Å². The normalized spacial score (nSPS) is 16.0. The Morgan fingerprint density at radius 3 is 2.15 bits per heavy atom. The average Bonchev–Trinajstić information content (AvgIpc) is 3.77. The summed E-state index contributed by atoms with van der Waals surface area (Å²) in [6.45, 7) is 3.40. The number of aliphatic hydroxyl groups excluding tert-OH is 1. The van der Waals surface area contributed by atoms with Crippen molar-refractivity contribution in [3.05, 3.63) is 51.6 Å². The summed E-state index contributed by atoms with van der Waals surface area (Å²) in [4.78, 5) is 82.8. The van der Waals surface area contributed by atoms with Crippen LogP contribution in [0.25, 0.3) is 12.2 Å². The average molecular weight is 914 g/mol. The van der Waals surface area contributed by atoms with Gasteiger partial charge >= 0.3 is 0 Å². The number of methoxy groups -OCH3 is 4. The molecule has 65 heavy (non-hydrogen) atoms. The Bertz CT molecular complexity index is 2010. The van der Waals surface area contributed by atoms with Crippen molar-refractivity contribution in [2.75, 3.05) is 53.4 Å². The van der Waals surface area contributed by atoms with Gasteiger partial charge in [0.05, 0.1) is 52.3 Å². The van der Waals surface area contributed by atoms with Crippen LogP contribution in [0.15, 0.2) is 35.3 Å². The highest BCUT2D eigenvalue weighted by Gasteiger charge is 2.38. The number of guanidine groups is 1. The topological polar surface area (TPSA) is 339 Å². The van der Waals surface area contributed by atoms with E-state index < -0.39 is 70.9 Å². The second-order valence-corrected chi connectivity index (χ2v) is 15.2. The summed E-state index contributed by atoms with van der Waals surface area (Å²) in [6, 6.07) is 3.11. The summed E-state index contributed by atoms with van der Waals surface area (Å²) < 4.78 is 21.8. The minimum absolute atomic E-state index is 0.0586. The molecule has 1 heterocycles. The maximum absolute atomic E-state index is 14.0. The van der Waals surface area contributed by atoms with Gasteiger partial charge in [-0.05, 0) is 94.2 Å². The lowest BCUT2D eigenvalue weighted by Crippen LogP contribution is -2.58. The van der Waals surface area contributed by atoms with E-state index in [-0.39, 0.29) is 56.9 Å². The Kier molecular flexibility index (Phi) is 21.2. The highest BCUT2D eigenvalue weighted by molar-refractivity contribution is 6.00. The Morgan fingerprint density at radius 2 is 1.55 bits per heavy atom. The van der Waals surface area contributed by atoms with Crippen molar-refractivity contribution in [2.45, 2.75) is 95.1 Å². The van der Waals surface area contributed by atoms with Gasteiger partial charge in [0.15, 0.2) is 16.5 Å². The summed E-state index contributed by atoms with van der Waals surface area (Å²) in [5, 5.41) is 31.2. The maximum Gasteiger partial charge on any atom is 0.251 e. The van der Waals surface area contributed by atoms with Crippen LogP contribution >= 0.6 is 0 Å². The van der Waals surface area contributed by atoms with E-state index in [1.807, 2.05) is 0 Å². The number of aliphatic imine (C=N–C) groups is 1. The molecule has 1 aliphatic rings. The second kappa shape index (κ2) is 26.2. The molecule has 6 atom stereocenters. The van der Waals surface area contributed by atoms with Gasteiger partial charge in [0.2, 0.25) is 35.3 Å². The Hall–Kier alpha value is -6.72. The Labute approximate surface area is 377 Å². The molecule has 0 aromatic heterocycles. The number of nitrogens with zero attached hydrogens (tertiary/aromatic N) is 3. The number of nitro groups is 1. The molecule has 0 radical (unpaired) electrons. The minimum atomic E-state index is -1.51. The number of benzene rings is 2. The lowest BCUT2D eigenvalue weighted by Gasteiger charge is -2.29. The molecule has 12 N–H and O–H groups in total. The minimum Gasteiger partial charge on any atom is -0.495 e. The van der Waals surface area contributed by atoms with Gasteiger partial charge in [-0.15, -0.1) is 0 Å². The number of carbonyl (C=O) groups excluding carboxylic acids is 5. The van der Waals surface area contributed by atoms with E-state index in [9.17, 15) is 39.2 Å². The number of nitrogens with two attached hydrogens (primary N) is 3. The summed E-state index contributed by atoms with van der Waals surface area (Å²) >= 11 is 0. The summed E-state index contributed by atoms with van der Waals surface area (Å²) in [5.41, 5.74) is 20.6. The number of likely N-dealkylation sites (tertiary alicyclic amines) is 1. The first kappa shape index (κ1) is 52.6. The second-order valence-electron chi connectivity index (χ2n) is 15.2. The van der Waals surface area contributed by atoms with Crippen LogP contribution in [0.3, 0.4) is 0 Å². The van der Waals surface area contributed by atoms with Gasteiger partial charge in [-0.2, -0.15) is 0 Å². The zero-order chi connectivity index (χ0) is 48.2. The van der Waals surface area contributed by atoms with E-state index in [0.29, 0.717) is 47.8 Å². The number of amides is 5. The fourth-order valence-electron chi connectivity index (χ4n) is 6.85. The third kappa shape index (κ3) is 16.1. The molecule has 5 amide bonds. The van der Waals surface area contributed by atoms with Crippen LogP contribution in [0.5, 0.6) is 23.0 Å². The van der Waals surface area contributed by atoms with Crippen molar-refractivity contribution >= 4 is 53.3 Å². The summed E-state index contributed by atoms with van der Waals surface area (Å²) in [6.07, 6.45) is 4.15. The molecule has 1 saturated heterocycles. The molecule has 358 valence electrons. The summed E-state index contributed by atoms with van der Waals surface area (Å²) in [7, 11) is 5.94. The van der Waals surface area contributed by atoms with E-state index in [0.717, 1.165) is 5.56 Å². The Morgan fingerprint density at radius 1 is 0.892 bits per heavy atom. The molecule has 2 aromatic rings. The third-order valence-electron chi connectivity index (χ3n) is 10.3. The molecule has 0 aliphatic carbocycles. The molecule has 0 saturated carbocycles. The van der Waals surface area contributed by atoms with Gasteiger partial charge in [0.25, 0.3) is 5.96 Å². The first-order valence-corrected chi connectivity index (χ1v) is 21.0. The molecule has 2 aromatic carbocycles. The van der Waals surface area contributed by atoms with Crippen molar-refractivity contribution in [3.8, 4) is 23.0 Å². The van der Waals surface area contributed by atoms with Crippen molar-refractivity contribution in [3.63, 3.8) is 0 Å². The number of ether oxygens (including phenoxy) is 4. The number of anilines is 1. The van der Waals surface area contributed by atoms with Gasteiger partial charge in [0.1, 0.15) is 23.9 Å². The summed E-state index contributed by atoms with van der Waals surface area (Å²) in [5.74, 6) is -1.82. The zero-order valence-electron chi connectivity index (χ0n) is 37.6. The number of hydrogen-bond acceptors (Lipinski definition) is 15. The van der Waals surface area contributed by atoms with Crippen LogP contribution < -0.4 is 62.8 Å². The predicted octanol–water partition coefficient (Wildman–Crippen LogP) is 0.00850. The fraction of sp³-hybridized carbons (Fsp3) is 0.524. The zero-order valence-corrected chi connectivity index (χ0v) is 37.6. The largest absolute Gasteiger partial charge is 0.495 e. The van der Waals surface area contributed by atoms with E-state index in [1.54, 1.807) is 54.8 Å². The molecule has 1 aliphatic heterocycles. The SMILES string of the molecule is COc1ccc(/C=C\c2cc(OC)c(OC)c(OC)c2)cc1NC(=O)[C@@H](NC(=O)[C@H](CCCCNC(=O)[C@H](C)N)NC(=O)[C@@H]1CCCN1C(=O)[C@@H](N)CCCN=C(N)N[N+](=O)[O-])[C@@H](C)O. The van der Waals surface area contributed by atoms with Gasteiger partial charge in [-0.25, -0.2) is 15.1 Å². The standard InChI is InChI=1S/C42H63N11O12/c1-24(43)37(55)46-18-8-7-12-29(48-39(57)31-13-10-20-52(31)41(59)28(44)11-9-19-47-42(45)51-53(60)61)38(56)50-35(25(2)54)40(58)49-30-21-26(16-17-32(30)62-3)14-15-27-22-33(63-4)36(65-6)34(23-27)64-5/h14-17,21-25,28-29,31,35,54H,7-13,18-20,43-44H2,1-6H3,(H,46,55)(H,48,57)(H,49,58)(H,50,56)(H3,45,47,51)/b15-14-/t24-,25+,28-,29-,31-,35-/m0/s1. The number of unbranched alkanes of at least 4 members (excludes halogenated alkanes) is 1. The lowest BCUT2D eigenvalue weighted by atomic mass is 10.0. The van der Waals surface area contributed by atoms with Crippen LogP contribution in [-0.2, 0) is 24.0 Å². The molecular formula is C42H63N11O12. The van der Waals surface area contributed by atoms with Gasteiger partial charge < -0.3 is 67.4 Å². The first-order chi connectivity index (χ1) is 30.9. The van der Waals surface area contributed by atoms with Gasteiger partial charge in [-0.1, -0.05) is 23.6 Å². The molecule has 0 bridgehead atoms. The third-order valence-corrected chi connectivity index (χ3v) is 10.3.